The van der Waals surface area contributed by atoms with E-state index < -0.39 is 27.9 Å². The molecule has 35 heavy (non-hydrogen) atoms. The normalized spacial score (nSPS) is 12.2. The highest BCUT2D eigenvalue weighted by Crippen LogP contribution is 2.37. The Morgan fingerprint density at radius 2 is 1.66 bits per heavy atom. The lowest BCUT2D eigenvalue weighted by atomic mass is 9.99. The highest BCUT2D eigenvalue weighted by Gasteiger charge is 2.33. The van der Waals surface area contributed by atoms with E-state index in [0.29, 0.717) is 27.8 Å². The maximum absolute atomic E-state index is 13.4. The Bertz CT molecular complexity index is 1510. The van der Waals surface area contributed by atoms with Gasteiger partial charge < -0.3 is 10.3 Å². The van der Waals surface area contributed by atoms with Crippen LogP contribution in [-0.2, 0) is 16.4 Å². The van der Waals surface area contributed by atoms with Crippen molar-refractivity contribution in [3.63, 3.8) is 0 Å². The number of aromatic nitrogens is 1. The fraction of sp³-hybridized carbons (Fsp3) is 0.125. The molecule has 0 fully saturated rings. The van der Waals surface area contributed by atoms with Gasteiger partial charge in [-0.3, -0.25) is 9.52 Å². The van der Waals surface area contributed by atoms with Crippen molar-refractivity contribution in [2.24, 2.45) is 0 Å². The van der Waals surface area contributed by atoms with Crippen LogP contribution in [0, 0.1) is 0 Å². The molecule has 0 aliphatic rings. The summed E-state index contributed by atoms with van der Waals surface area (Å²) in [5.41, 5.74) is 0.925. The number of halogens is 3. The van der Waals surface area contributed by atoms with Gasteiger partial charge in [0.2, 0.25) is 0 Å². The molecule has 0 aliphatic heterocycles. The lowest BCUT2D eigenvalue weighted by Gasteiger charge is -2.13. The van der Waals surface area contributed by atoms with Crippen LogP contribution >= 0.6 is 0 Å². The van der Waals surface area contributed by atoms with Crippen LogP contribution in [0.4, 0.5) is 24.5 Å². The number of benzene rings is 3. The Hall–Kier alpha value is -3.83. The molecule has 7 nitrogen and oxygen atoms in total. The molecule has 0 aliphatic carbocycles. The summed E-state index contributed by atoms with van der Waals surface area (Å²) >= 11 is 0. The molecule has 11 heteroatoms. The molecular weight excluding hydrogens is 481 g/mol. The average Bonchev–Trinajstić information content (AvgIpc) is 3.22. The number of rotatable bonds is 6. The van der Waals surface area contributed by atoms with Gasteiger partial charge in [0.05, 0.1) is 11.3 Å². The van der Waals surface area contributed by atoms with E-state index in [4.69, 9.17) is 0 Å². The van der Waals surface area contributed by atoms with Gasteiger partial charge >= 0.3 is 16.4 Å². The number of amides is 1. The molecule has 3 N–H and O–H groups in total. The van der Waals surface area contributed by atoms with Gasteiger partial charge in [0.15, 0.2) is 0 Å². The van der Waals surface area contributed by atoms with Crippen molar-refractivity contribution in [3.8, 4) is 11.1 Å². The van der Waals surface area contributed by atoms with E-state index in [1.165, 1.54) is 38.4 Å². The van der Waals surface area contributed by atoms with E-state index >= 15 is 0 Å². The molecule has 1 amide bonds. The molecule has 0 bridgehead atoms. The minimum Gasteiger partial charge on any atom is -0.350 e. The highest BCUT2D eigenvalue weighted by atomic mass is 32.2. The second kappa shape index (κ2) is 9.08. The average molecular weight is 503 g/mol. The quantitative estimate of drug-likeness (QED) is 0.333. The number of carbonyl (C=O) groups excluding carboxylic acids is 1. The Labute approximate surface area is 199 Å². The number of carbonyl (C=O) groups is 1. The fourth-order valence-corrected chi connectivity index (χ4v) is 4.11. The number of nitrogens with zero attached hydrogens (tertiary/aromatic N) is 1. The van der Waals surface area contributed by atoms with Crippen molar-refractivity contribution in [2.45, 2.75) is 6.18 Å². The van der Waals surface area contributed by atoms with Crippen LogP contribution in [0.25, 0.3) is 22.0 Å². The third-order valence-corrected chi connectivity index (χ3v) is 6.71. The summed E-state index contributed by atoms with van der Waals surface area (Å²) in [7, 11) is -0.895. The number of alkyl halides is 3. The Morgan fingerprint density at radius 1 is 0.914 bits per heavy atom. The second-order valence-corrected chi connectivity index (χ2v) is 9.84. The number of H-pyrrole nitrogens is 1. The maximum atomic E-state index is 13.4. The lowest BCUT2D eigenvalue weighted by Crippen LogP contribution is -2.28. The van der Waals surface area contributed by atoms with Crippen molar-refractivity contribution in [1.29, 1.82) is 0 Å². The largest absolute Gasteiger partial charge is 0.417 e. The zero-order valence-electron chi connectivity index (χ0n) is 18.6. The van der Waals surface area contributed by atoms with Gasteiger partial charge in [-0.15, -0.1) is 0 Å². The maximum Gasteiger partial charge on any atom is 0.417 e. The summed E-state index contributed by atoms with van der Waals surface area (Å²) in [6, 6.07) is 17.8. The second-order valence-electron chi connectivity index (χ2n) is 7.95. The molecule has 1 heterocycles. The van der Waals surface area contributed by atoms with Crippen molar-refractivity contribution >= 4 is 38.4 Å². The summed E-state index contributed by atoms with van der Waals surface area (Å²) in [5.74, 6) is -0.502. The van der Waals surface area contributed by atoms with E-state index in [1.54, 1.807) is 42.5 Å². The van der Waals surface area contributed by atoms with Crippen LogP contribution in [0.5, 0.6) is 0 Å². The van der Waals surface area contributed by atoms with Gasteiger partial charge in [-0.2, -0.15) is 25.9 Å². The smallest absolute Gasteiger partial charge is 0.350 e. The molecule has 0 saturated heterocycles. The van der Waals surface area contributed by atoms with Crippen molar-refractivity contribution in [3.05, 3.63) is 84.1 Å². The summed E-state index contributed by atoms with van der Waals surface area (Å²) in [4.78, 5) is 15.8. The van der Waals surface area contributed by atoms with E-state index in [1.807, 2.05) is 0 Å². The summed E-state index contributed by atoms with van der Waals surface area (Å²) < 4.78 is 67.8. The minimum absolute atomic E-state index is 0.00872. The number of aromatic amines is 1. The number of hydrogen-bond acceptors (Lipinski definition) is 3. The predicted octanol–water partition coefficient (Wildman–Crippen LogP) is 5.32. The molecule has 182 valence electrons. The molecule has 0 unspecified atom stereocenters. The first kappa shape index (κ1) is 24.3. The van der Waals surface area contributed by atoms with Crippen molar-refractivity contribution in [1.82, 2.24) is 9.29 Å². The molecule has 3 aromatic carbocycles. The van der Waals surface area contributed by atoms with Gasteiger partial charge in [-0.1, -0.05) is 36.4 Å². The Morgan fingerprint density at radius 3 is 2.37 bits per heavy atom. The van der Waals surface area contributed by atoms with Crippen LogP contribution in [0.2, 0.25) is 0 Å². The summed E-state index contributed by atoms with van der Waals surface area (Å²) in [5, 5.41) is 3.36. The minimum atomic E-state index is -4.51. The van der Waals surface area contributed by atoms with Crippen LogP contribution < -0.4 is 10.0 Å². The Balaban J connectivity index is 1.58. The molecule has 1 aromatic heterocycles. The number of hydrogen-bond donors (Lipinski definition) is 3. The standard InChI is InChI=1S/C24H21F3N4O3S/c1-31(2)35(33,34)30-18-11-10-16-13-22(29-21(16)14-18)23(32)28-17-7-5-6-15(12-17)19-8-3-4-9-20(19)24(25,26)27/h3-14,29-30H,1-2H3,(H,28,32). The topological polar surface area (TPSA) is 94.3 Å². The first-order valence-corrected chi connectivity index (χ1v) is 11.8. The van der Waals surface area contributed by atoms with Crippen molar-refractivity contribution < 1.29 is 26.4 Å². The summed E-state index contributed by atoms with van der Waals surface area (Å²) in [6.45, 7) is 0. The molecular formula is C24H21F3N4O3S. The molecule has 4 rings (SSSR count). The van der Waals surface area contributed by atoms with Crippen LogP contribution in [0.3, 0.4) is 0 Å². The summed E-state index contributed by atoms with van der Waals surface area (Å²) in [6.07, 6.45) is -4.51. The van der Waals surface area contributed by atoms with Gasteiger partial charge in [-0.25, -0.2) is 0 Å². The van der Waals surface area contributed by atoms with E-state index in [2.05, 4.69) is 15.0 Å². The SMILES string of the molecule is CN(C)S(=O)(=O)Nc1ccc2cc(C(=O)Nc3cccc(-c4ccccc4C(F)(F)F)c3)[nH]c2c1. The molecule has 0 spiro atoms. The van der Waals surface area contributed by atoms with E-state index in [0.717, 1.165) is 10.4 Å². The molecule has 0 radical (unpaired) electrons. The number of nitrogens with one attached hydrogen (secondary N) is 3. The Kier molecular flexibility index (Phi) is 6.30. The van der Waals surface area contributed by atoms with Gasteiger partial charge in [0.25, 0.3) is 5.91 Å². The van der Waals surface area contributed by atoms with Crippen LogP contribution in [0.15, 0.2) is 72.8 Å². The van der Waals surface area contributed by atoms with Crippen molar-refractivity contribution in [2.75, 3.05) is 24.1 Å². The third kappa shape index (κ3) is 5.31. The van der Waals surface area contributed by atoms with Gasteiger partial charge in [0.1, 0.15) is 5.69 Å². The third-order valence-electron chi connectivity index (χ3n) is 5.26. The van der Waals surface area contributed by atoms with Gasteiger partial charge in [0, 0.05) is 30.7 Å². The van der Waals surface area contributed by atoms with E-state index in [-0.39, 0.29) is 11.3 Å². The molecule has 4 aromatic rings. The highest BCUT2D eigenvalue weighted by molar-refractivity contribution is 7.90. The number of fused-ring (bicyclic) bond motifs is 1. The van der Waals surface area contributed by atoms with Gasteiger partial charge in [-0.05, 0) is 47.5 Å². The zero-order chi connectivity index (χ0) is 25.4. The molecule has 0 saturated carbocycles. The predicted molar refractivity (Wildman–Crippen MR) is 129 cm³/mol. The van der Waals surface area contributed by atoms with E-state index in [9.17, 15) is 26.4 Å². The first-order valence-electron chi connectivity index (χ1n) is 10.3. The molecule has 0 atom stereocenters. The fourth-order valence-electron chi connectivity index (χ4n) is 3.50. The lowest BCUT2D eigenvalue weighted by molar-refractivity contribution is -0.137. The van der Waals surface area contributed by atoms with Crippen LogP contribution in [0.1, 0.15) is 16.1 Å². The zero-order valence-corrected chi connectivity index (χ0v) is 19.5. The monoisotopic (exact) mass is 502 g/mol. The van der Waals surface area contributed by atoms with Crippen LogP contribution in [-0.4, -0.2) is 37.7 Å². The first-order chi connectivity index (χ1) is 16.4. The number of anilines is 2.